The topological polar surface area (TPSA) is 48.2 Å². The van der Waals surface area contributed by atoms with Crippen LogP contribution < -0.4 is 0 Å². The van der Waals surface area contributed by atoms with Crippen molar-refractivity contribution in [2.24, 2.45) is 5.92 Å². The molecule has 0 spiro atoms. The zero-order chi connectivity index (χ0) is 14.3. The minimum absolute atomic E-state index is 0.404. The fourth-order valence-electron chi connectivity index (χ4n) is 2.20. The van der Waals surface area contributed by atoms with Gasteiger partial charge in [0, 0.05) is 13.0 Å². The fourth-order valence-corrected chi connectivity index (χ4v) is 2.78. The van der Waals surface area contributed by atoms with Crippen molar-refractivity contribution in [1.82, 2.24) is 9.97 Å². The maximum Gasteiger partial charge on any atom is 0.197 e. The summed E-state index contributed by atoms with van der Waals surface area (Å²) < 4.78 is 11.8. The maximum absolute atomic E-state index is 6.15. The Labute approximate surface area is 136 Å². The van der Waals surface area contributed by atoms with Gasteiger partial charge in [-0.15, -0.1) is 0 Å². The lowest BCUT2D eigenvalue weighted by molar-refractivity contribution is 0.181. The molecule has 0 N–H and O–H groups in total. The molecule has 2 unspecified atom stereocenters. The monoisotopic (exact) mass is 404 g/mol. The maximum atomic E-state index is 6.15. The third kappa shape index (κ3) is 2.71. The number of furan rings is 1. The van der Waals surface area contributed by atoms with E-state index in [9.17, 15) is 0 Å². The van der Waals surface area contributed by atoms with E-state index in [1.165, 1.54) is 6.42 Å². The molecule has 2 aromatic heterocycles. The standard InChI is InChI=1S/C14H14ClIN2O2/c1-7-5-8(7)10-3-4-11(20-10)14-17-9(6-19-2)12(16)13(15)18-14/h3-4,7-8H,5-6H2,1-2H3. The summed E-state index contributed by atoms with van der Waals surface area (Å²) in [5.41, 5.74) is 0.779. The smallest absolute Gasteiger partial charge is 0.197 e. The van der Waals surface area contributed by atoms with Crippen LogP contribution in [0.25, 0.3) is 11.6 Å². The largest absolute Gasteiger partial charge is 0.457 e. The van der Waals surface area contributed by atoms with Gasteiger partial charge in [0.15, 0.2) is 11.6 Å². The Morgan fingerprint density at radius 2 is 2.20 bits per heavy atom. The van der Waals surface area contributed by atoms with Crippen LogP contribution in [0.5, 0.6) is 0 Å². The van der Waals surface area contributed by atoms with Crippen LogP contribution in [-0.4, -0.2) is 17.1 Å². The third-order valence-corrected chi connectivity index (χ3v) is 5.21. The summed E-state index contributed by atoms with van der Waals surface area (Å²) in [6.07, 6.45) is 1.19. The second-order valence-electron chi connectivity index (χ2n) is 5.05. The first-order chi connectivity index (χ1) is 9.60. The molecule has 2 aromatic rings. The van der Waals surface area contributed by atoms with Crippen molar-refractivity contribution in [3.8, 4) is 11.6 Å². The minimum atomic E-state index is 0.404. The van der Waals surface area contributed by atoms with Crippen LogP contribution in [0.15, 0.2) is 16.5 Å². The van der Waals surface area contributed by atoms with Crippen molar-refractivity contribution in [2.75, 3.05) is 7.11 Å². The highest BCUT2D eigenvalue weighted by atomic mass is 127. The van der Waals surface area contributed by atoms with Gasteiger partial charge in [-0.2, -0.15) is 0 Å². The first-order valence-corrected chi connectivity index (χ1v) is 7.86. The molecule has 2 atom stereocenters. The Morgan fingerprint density at radius 1 is 1.45 bits per heavy atom. The summed E-state index contributed by atoms with van der Waals surface area (Å²) in [5.74, 6) is 3.44. The van der Waals surface area contributed by atoms with E-state index in [1.807, 2.05) is 12.1 Å². The minimum Gasteiger partial charge on any atom is -0.457 e. The van der Waals surface area contributed by atoms with E-state index >= 15 is 0 Å². The first-order valence-electron chi connectivity index (χ1n) is 6.41. The molecule has 1 aliphatic rings. The van der Waals surface area contributed by atoms with Crippen LogP contribution in [0, 0.1) is 9.49 Å². The molecule has 0 aliphatic heterocycles. The molecule has 4 nitrogen and oxygen atoms in total. The van der Waals surface area contributed by atoms with E-state index in [0.29, 0.717) is 35.2 Å². The van der Waals surface area contributed by atoms with Crippen LogP contribution in [0.1, 0.15) is 30.7 Å². The van der Waals surface area contributed by atoms with Crippen molar-refractivity contribution in [3.05, 3.63) is 32.3 Å². The Kier molecular flexibility index (Phi) is 4.01. The lowest BCUT2D eigenvalue weighted by Gasteiger charge is -2.06. The van der Waals surface area contributed by atoms with Gasteiger partial charge < -0.3 is 9.15 Å². The Bertz CT molecular complexity index is 644. The van der Waals surface area contributed by atoms with Gasteiger partial charge in [0.25, 0.3) is 0 Å². The molecule has 3 rings (SSSR count). The number of rotatable bonds is 4. The van der Waals surface area contributed by atoms with Gasteiger partial charge in [-0.1, -0.05) is 18.5 Å². The molecule has 2 heterocycles. The number of methoxy groups -OCH3 is 1. The normalized spacial score (nSPS) is 21.2. The summed E-state index contributed by atoms with van der Waals surface area (Å²) in [6, 6.07) is 3.92. The molecule has 0 amide bonds. The average Bonchev–Trinajstić information content (AvgIpc) is 2.96. The molecule has 0 aromatic carbocycles. The van der Waals surface area contributed by atoms with E-state index in [0.717, 1.165) is 15.0 Å². The van der Waals surface area contributed by atoms with Gasteiger partial charge in [0.1, 0.15) is 10.9 Å². The highest BCUT2D eigenvalue weighted by molar-refractivity contribution is 14.1. The fraction of sp³-hybridized carbons (Fsp3) is 0.429. The second kappa shape index (κ2) is 5.61. The molecule has 0 saturated heterocycles. The SMILES string of the molecule is COCc1nc(-c2ccc(C3CC3C)o2)nc(Cl)c1I. The van der Waals surface area contributed by atoms with Gasteiger partial charge in [-0.3, -0.25) is 0 Å². The molecule has 0 radical (unpaired) electrons. The molecular formula is C14H14ClIN2O2. The van der Waals surface area contributed by atoms with Gasteiger partial charge in [0.05, 0.1) is 15.9 Å². The molecule has 1 fully saturated rings. The van der Waals surface area contributed by atoms with Gasteiger partial charge in [-0.05, 0) is 47.1 Å². The number of aromatic nitrogens is 2. The van der Waals surface area contributed by atoms with Crippen molar-refractivity contribution >= 4 is 34.2 Å². The zero-order valence-electron chi connectivity index (χ0n) is 11.2. The first kappa shape index (κ1) is 14.3. The average molecular weight is 405 g/mol. The quantitative estimate of drug-likeness (QED) is 0.564. The number of nitrogens with zero attached hydrogens (tertiary/aromatic N) is 2. The Balaban J connectivity index is 1.95. The molecule has 1 aliphatic carbocycles. The van der Waals surface area contributed by atoms with E-state index in [4.69, 9.17) is 20.8 Å². The van der Waals surface area contributed by atoms with E-state index in [1.54, 1.807) is 7.11 Å². The molecule has 1 saturated carbocycles. The summed E-state index contributed by atoms with van der Waals surface area (Å²) >= 11 is 8.28. The molecule has 6 heteroatoms. The number of hydrogen-bond donors (Lipinski definition) is 0. The number of hydrogen-bond acceptors (Lipinski definition) is 4. The van der Waals surface area contributed by atoms with Crippen LogP contribution in [0.2, 0.25) is 5.15 Å². The number of ether oxygens (including phenoxy) is 1. The van der Waals surface area contributed by atoms with Crippen LogP contribution in [0.3, 0.4) is 0 Å². The Morgan fingerprint density at radius 3 is 2.85 bits per heavy atom. The molecule has 0 bridgehead atoms. The van der Waals surface area contributed by atoms with E-state index in [-0.39, 0.29) is 0 Å². The molecule has 20 heavy (non-hydrogen) atoms. The summed E-state index contributed by atoms with van der Waals surface area (Å²) in [4.78, 5) is 8.78. The predicted molar refractivity (Wildman–Crippen MR) is 84.7 cm³/mol. The van der Waals surface area contributed by atoms with Crippen LogP contribution in [-0.2, 0) is 11.3 Å². The highest BCUT2D eigenvalue weighted by Gasteiger charge is 2.36. The van der Waals surface area contributed by atoms with E-state index in [2.05, 4.69) is 39.5 Å². The van der Waals surface area contributed by atoms with Crippen molar-refractivity contribution in [1.29, 1.82) is 0 Å². The van der Waals surface area contributed by atoms with Gasteiger partial charge in [0.2, 0.25) is 0 Å². The summed E-state index contributed by atoms with van der Waals surface area (Å²) in [7, 11) is 1.63. The van der Waals surface area contributed by atoms with Crippen molar-refractivity contribution in [3.63, 3.8) is 0 Å². The molecular weight excluding hydrogens is 391 g/mol. The summed E-state index contributed by atoms with van der Waals surface area (Å²) in [6.45, 7) is 2.63. The third-order valence-electron chi connectivity index (χ3n) is 3.48. The van der Waals surface area contributed by atoms with Crippen molar-refractivity contribution in [2.45, 2.75) is 25.9 Å². The van der Waals surface area contributed by atoms with Crippen LogP contribution in [0.4, 0.5) is 0 Å². The van der Waals surface area contributed by atoms with Gasteiger partial charge in [-0.25, -0.2) is 9.97 Å². The lowest BCUT2D eigenvalue weighted by atomic mass is 10.3. The van der Waals surface area contributed by atoms with E-state index < -0.39 is 0 Å². The number of halogens is 2. The predicted octanol–water partition coefficient (Wildman–Crippen LogP) is 4.26. The van der Waals surface area contributed by atoms with Crippen LogP contribution >= 0.6 is 34.2 Å². The lowest BCUT2D eigenvalue weighted by Crippen LogP contribution is -2.01. The summed E-state index contributed by atoms with van der Waals surface area (Å²) in [5, 5.41) is 0.431. The Hall–Kier alpha value is -0.660. The zero-order valence-corrected chi connectivity index (χ0v) is 14.1. The second-order valence-corrected chi connectivity index (χ2v) is 6.49. The van der Waals surface area contributed by atoms with Crippen molar-refractivity contribution < 1.29 is 9.15 Å². The highest BCUT2D eigenvalue weighted by Crippen LogP contribution is 2.47. The molecule has 106 valence electrons. The van der Waals surface area contributed by atoms with Gasteiger partial charge >= 0.3 is 0 Å².